The molecule has 3 rings (SSSR count). The Kier molecular flexibility index (Phi) is 2.19. The number of para-hydroxylation sites is 1. The summed E-state index contributed by atoms with van der Waals surface area (Å²) in [6, 6.07) is 8.05. The van der Waals surface area contributed by atoms with Crippen molar-refractivity contribution in [3.05, 3.63) is 40.9 Å². The molecule has 0 aliphatic carbocycles. The highest BCUT2D eigenvalue weighted by atomic mass is 32.2. The molecular weight excluding hydrogens is 228 g/mol. The monoisotopic (exact) mass is 234 g/mol. The Bertz CT molecular complexity index is 526. The van der Waals surface area contributed by atoms with Gasteiger partial charge in [0.1, 0.15) is 6.26 Å². The van der Waals surface area contributed by atoms with Gasteiger partial charge in [-0.3, -0.25) is 0 Å². The predicted molar refractivity (Wildman–Crippen MR) is 64.0 cm³/mol. The van der Waals surface area contributed by atoms with Gasteiger partial charge in [-0.05, 0) is 12.1 Å². The molecule has 3 nitrogen and oxygen atoms in total. The fraction of sp³-hybridized carbons (Fsp3) is 0. The standard InChI is InChI=1S/C10H6N2OS2/c1-2-4-8-7(3-1)11-9(15-8)10-12-13-5-6-14-10/h1-6H. The van der Waals surface area contributed by atoms with E-state index in [1.54, 1.807) is 17.6 Å². The van der Waals surface area contributed by atoms with E-state index in [9.17, 15) is 0 Å². The molecule has 5 heteroatoms. The molecule has 0 N–H and O–H groups in total. The van der Waals surface area contributed by atoms with E-state index in [2.05, 4.69) is 16.2 Å². The van der Waals surface area contributed by atoms with Crippen molar-refractivity contribution in [1.29, 1.82) is 0 Å². The van der Waals surface area contributed by atoms with Gasteiger partial charge in [-0.2, -0.15) is 0 Å². The molecule has 0 fully saturated rings. The Morgan fingerprint density at radius 2 is 2.13 bits per heavy atom. The van der Waals surface area contributed by atoms with Crippen LogP contribution in [-0.2, 0) is 4.84 Å². The molecule has 1 aromatic carbocycles. The molecule has 1 aromatic heterocycles. The van der Waals surface area contributed by atoms with Crippen LogP contribution in [0.1, 0.15) is 5.01 Å². The number of benzene rings is 1. The van der Waals surface area contributed by atoms with Crippen LogP contribution in [0.5, 0.6) is 0 Å². The maximum absolute atomic E-state index is 4.89. The summed E-state index contributed by atoms with van der Waals surface area (Å²) in [4.78, 5) is 9.38. The number of aromatic nitrogens is 1. The molecule has 2 heterocycles. The topological polar surface area (TPSA) is 34.5 Å². The zero-order valence-electron chi connectivity index (χ0n) is 7.58. The molecule has 0 bridgehead atoms. The first-order valence-electron chi connectivity index (χ1n) is 4.35. The molecule has 1 aliphatic rings. The molecule has 0 saturated carbocycles. The second-order valence-electron chi connectivity index (χ2n) is 2.88. The third-order valence-electron chi connectivity index (χ3n) is 1.91. The van der Waals surface area contributed by atoms with Gasteiger partial charge in [0, 0.05) is 5.41 Å². The van der Waals surface area contributed by atoms with Crippen molar-refractivity contribution in [3.8, 4) is 0 Å². The SMILES string of the molecule is C1=CSC(c2nc3ccccc3s2)=NO1. The lowest BCUT2D eigenvalue weighted by Crippen LogP contribution is -1.96. The molecule has 0 radical (unpaired) electrons. The van der Waals surface area contributed by atoms with Gasteiger partial charge in [0.05, 0.1) is 10.2 Å². The van der Waals surface area contributed by atoms with Crippen LogP contribution in [0.15, 0.2) is 41.1 Å². The summed E-state index contributed by atoms with van der Waals surface area (Å²) < 4.78 is 1.17. The lowest BCUT2D eigenvalue weighted by Gasteiger charge is -2.01. The molecule has 1 aliphatic heterocycles. The van der Waals surface area contributed by atoms with Crippen LogP contribution in [0.25, 0.3) is 10.2 Å². The van der Waals surface area contributed by atoms with E-state index in [-0.39, 0.29) is 0 Å². The van der Waals surface area contributed by atoms with E-state index >= 15 is 0 Å². The van der Waals surface area contributed by atoms with Gasteiger partial charge in [0.2, 0.25) is 0 Å². The molecular formula is C10H6N2OS2. The van der Waals surface area contributed by atoms with Crippen molar-refractivity contribution in [3.63, 3.8) is 0 Å². The zero-order chi connectivity index (χ0) is 10.1. The third kappa shape index (κ3) is 1.64. The van der Waals surface area contributed by atoms with Gasteiger partial charge >= 0.3 is 0 Å². The predicted octanol–water partition coefficient (Wildman–Crippen LogP) is 3.19. The number of nitrogens with zero attached hydrogens (tertiary/aromatic N) is 2. The average molecular weight is 234 g/mol. The minimum absolute atomic E-state index is 0.818. The summed E-state index contributed by atoms with van der Waals surface area (Å²) in [6.07, 6.45) is 1.56. The summed E-state index contributed by atoms with van der Waals surface area (Å²) in [5.41, 5.74) is 1.01. The summed E-state index contributed by atoms with van der Waals surface area (Å²) in [5.74, 6) is 0. The van der Waals surface area contributed by atoms with Crippen LogP contribution in [0.3, 0.4) is 0 Å². The summed E-state index contributed by atoms with van der Waals surface area (Å²) in [7, 11) is 0. The Balaban J connectivity index is 2.08. The van der Waals surface area contributed by atoms with Crippen molar-refractivity contribution < 1.29 is 4.84 Å². The first-order valence-corrected chi connectivity index (χ1v) is 6.04. The molecule has 0 spiro atoms. The van der Waals surface area contributed by atoms with Crippen molar-refractivity contribution in [2.45, 2.75) is 0 Å². The largest absolute Gasteiger partial charge is 0.363 e. The van der Waals surface area contributed by atoms with Crippen molar-refractivity contribution >= 4 is 38.4 Å². The first kappa shape index (κ1) is 8.94. The van der Waals surface area contributed by atoms with Crippen LogP contribution < -0.4 is 0 Å². The van der Waals surface area contributed by atoms with Gasteiger partial charge in [-0.25, -0.2) is 4.98 Å². The van der Waals surface area contributed by atoms with E-state index in [1.807, 2.05) is 23.6 Å². The maximum Gasteiger partial charge on any atom is 0.176 e. The van der Waals surface area contributed by atoms with E-state index in [1.165, 1.54) is 16.5 Å². The fourth-order valence-electron chi connectivity index (χ4n) is 1.27. The van der Waals surface area contributed by atoms with Crippen molar-refractivity contribution in [1.82, 2.24) is 4.98 Å². The van der Waals surface area contributed by atoms with Crippen LogP contribution in [-0.4, -0.2) is 10.0 Å². The van der Waals surface area contributed by atoms with Crippen LogP contribution in [0, 0.1) is 0 Å². The van der Waals surface area contributed by atoms with E-state index < -0.39 is 0 Å². The van der Waals surface area contributed by atoms with Crippen LogP contribution in [0.4, 0.5) is 0 Å². The highest BCUT2D eigenvalue weighted by Crippen LogP contribution is 2.27. The van der Waals surface area contributed by atoms with Gasteiger partial charge in [-0.1, -0.05) is 29.1 Å². The molecule has 0 amide bonds. The maximum atomic E-state index is 4.89. The number of hydrogen-bond acceptors (Lipinski definition) is 5. The number of thiazole rings is 1. The Labute approximate surface area is 94.5 Å². The molecule has 0 saturated heterocycles. The van der Waals surface area contributed by atoms with Gasteiger partial charge in [0.15, 0.2) is 10.1 Å². The number of fused-ring (bicyclic) bond motifs is 1. The van der Waals surface area contributed by atoms with Crippen LogP contribution in [0.2, 0.25) is 0 Å². The molecule has 0 unspecified atom stereocenters. The highest BCUT2D eigenvalue weighted by molar-refractivity contribution is 8.17. The normalized spacial score (nSPS) is 15.1. The van der Waals surface area contributed by atoms with Gasteiger partial charge in [-0.15, -0.1) is 11.3 Å². The number of rotatable bonds is 1. The third-order valence-corrected chi connectivity index (χ3v) is 3.82. The molecule has 74 valence electrons. The Morgan fingerprint density at radius 1 is 1.20 bits per heavy atom. The van der Waals surface area contributed by atoms with Crippen LogP contribution >= 0.6 is 23.1 Å². The van der Waals surface area contributed by atoms with Gasteiger partial charge in [0.25, 0.3) is 0 Å². The van der Waals surface area contributed by atoms with E-state index in [4.69, 9.17) is 4.84 Å². The average Bonchev–Trinajstić information content (AvgIpc) is 2.74. The minimum atomic E-state index is 0.818. The van der Waals surface area contributed by atoms with E-state index in [0.717, 1.165) is 15.6 Å². The Hall–Kier alpha value is -1.33. The lowest BCUT2D eigenvalue weighted by atomic mass is 10.3. The highest BCUT2D eigenvalue weighted by Gasteiger charge is 2.12. The van der Waals surface area contributed by atoms with Crippen molar-refractivity contribution in [2.75, 3.05) is 0 Å². The minimum Gasteiger partial charge on any atom is -0.363 e. The first-order chi connectivity index (χ1) is 7.43. The second kappa shape index (κ2) is 3.67. The lowest BCUT2D eigenvalue weighted by molar-refractivity contribution is 0.269. The second-order valence-corrected chi connectivity index (χ2v) is 4.80. The summed E-state index contributed by atoms with van der Waals surface area (Å²) >= 11 is 3.15. The van der Waals surface area contributed by atoms with Crippen molar-refractivity contribution in [2.24, 2.45) is 5.16 Å². The Morgan fingerprint density at radius 3 is 2.93 bits per heavy atom. The molecule has 0 atom stereocenters. The summed E-state index contributed by atoms with van der Waals surface area (Å²) in [5, 5.41) is 7.52. The number of oxime groups is 1. The number of thioether (sulfide) groups is 1. The molecule has 2 aromatic rings. The zero-order valence-corrected chi connectivity index (χ0v) is 9.22. The smallest absolute Gasteiger partial charge is 0.176 e. The fourth-order valence-corrected chi connectivity index (χ4v) is 2.85. The van der Waals surface area contributed by atoms with Gasteiger partial charge < -0.3 is 4.84 Å². The summed E-state index contributed by atoms with van der Waals surface area (Å²) in [6.45, 7) is 0. The quantitative estimate of drug-likeness (QED) is 0.760. The van der Waals surface area contributed by atoms with E-state index in [0.29, 0.717) is 0 Å². The molecule has 15 heavy (non-hydrogen) atoms. The number of hydrogen-bond donors (Lipinski definition) is 0.